The number of carbonyl (C=O) groups excluding carboxylic acids is 1. The monoisotopic (exact) mass is 394 g/mol. The highest BCUT2D eigenvalue weighted by atomic mass is 32.2. The lowest BCUT2D eigenvalue weighted by atomic mass is 10.1. The lowest BCUT2D eigenvalue weighted by Crippen LogP contribution is -2.16. The first-order chi connectivity index (χ1) is 13.3. The van der Waals surface area contributed by atoms with E-state index in [0.29, 0.717) is 11.4 Å². The van der Waals surface area contributed by atoms with Gasteiger partial charge in [0, 0.05) is 11.3 Å². The molecule has 3 rings (SSSR count). The van der Waals surface area contributed by atoms with E-state index >= 15 is 0 Å². The standard InChI is InChI=1S/C22H22N2O3S/c1-15-11-12-21(17(3)13-15)24-28(26,27)19-9-6-8-18(14-19)22(25)23-20-10-5-4-7-16(20)2/h4-14,24H,1-3H3,(H,23,25). The summed E-state index contributed by atoms with van der Waals surface area (Å²) < 4.78 is 28.2. The minimum Gasteiger partial charge on any atom is -0.322 e. The zero-order valence-electron chi connectivity index (χ0n) is 16.0. The SMILES string of the molecule is Cc1ccc(NS(=O)(=O)c2cccc(C(=O)Nc3ccccc3C)c2)c(C)c1. The Morgan fingerprint density at radius 2 is 1.54 bits per heavy atom. The number of benzene rings is 3. The molecule has 0 atom stereocenters. The number of hydrogen-bond acceptors (Lipinski definition) is 3. The van der Waals surface area contributed by atoms with Crippen molar-refractivity contribution in [3.05, 3.63) is 89.0 Å². The van der Waals surface area contributed by atoms with E-state index in [2.05, 4.69) is 10.0 Å². The molecular weight excluding hydrogens is 372 g/mol. The molecule has 3 aromatic carbocycles. The Hall–Kier alpha value is -3.12. The highest BCUT2D eigenvalue weighted by Gasteiger charge is 2.17. The Balaban J connectivity index is 1.85. The molecular formula is C22H22N2O3S. The Bertz CT molecular complexity index is 1140. The molecule has 5 nitrogen and oxygen atoms in total. The molecule has 2 N–H and O–H groups in total. The van der Waals surface area contributed by atoms with Crippen molar-refractivity contribution in [2.45, 2.75) is 25.7 Å². The zero-order valence-corrected chi connectivity index (χ0v) is 16.8. The number of rotatable bonds is 5. The number of aryl methyl sites for hydroxylation is 3. The first-order valence-corrected chi connectivity index (χ1v) is 10.3. The maximum absolute atomic E-state index is 12.8. The first-order valence-electron chi connectivity index (χ1n) is 8.83. The van der Waals surface area contributed by atoms with Crippen molar-refractivity contribution in [1.82, 2.24) is 0 Å². The Kier molecular flexibility index (Phi) is 5.51. The summed E-state index contributed by atoms with van der Waals surface area (Å²) in [5.41, 5.74) is 4.28. The topological polar surface area (TPSA) is 75.3 Å². The van der Waals surface area contributed by atoms with E-state index in [1.807, 2.05) is 51.1 Å². The van der Waals surface area contributed by atoms with Gasteiger partial charge in [0.15, 0.2) is 0 Å². The maximum Gasteiger partial charge on any atom is 0.261 e. The number of para-hydroxylation sites is 1. The number of hydrogen-bond donors (Lipinski definition) is 2. The minimum atomic E-state index is -3.82. The predicted octanol–water partition coefficient (Wildman–Crippen LogP) is 4.66. The first kappa shape index (κ1) is 19.6. The molecule has 0 saturated heterocycles. The smallest absolute Gasteiger partial charge is 0.261 e. The van der Waals surface area contributed by atoms with Crippen molar-refractivity contribution in [3.63, 3.8) is 0 Å². The zero-order chi connectivity index (χ0) is 20.3. The molecule has 0 radical (unpaired) electrons. The Morgan fingerprint density at radius 1 is 0.786 bits per heavy atom. The molecule has 0 spiro atoms. The average molecular weight is 394 g/mol. The molecule has 3 aromatic rings. The molecule has 0 fully saturated rings. The van der Waals surface area contributed by atoms with E-state index in [1.165, 1.54) is 12.1 Å². The molecule has 0 unspecified atom stereocenters. The van der Waals surface area contributed by atoms with Gasteiger partial charge in [-0.2, -0.15) is 0 Å². The van der Waals surface area contributed by atoms with Crippen LogP contribution in [0.3, 0.4) is 0 Å². The minimum absolute atomic E-state index is 0.0323. The van der Waals surface area contributed by atoms with Gasteiger partial charge in [0.25, 0.3) is 15.9 Å². The van der Waals surface area contributed by atoms with Crippen LogP contribution in [0.5, 0.6) is 0 Å². The molecule has 0 aliphatic carbocycles. The van der Waals surface area contributed by atoms with Crippen LogP contribution in [0.15, 0.2) is 71.6 Å². The summed E-state index contributed by atoms with van der Waals surface area (Å²) >= 11 is 0. The molecule has 0 saturated carbocycles. The third kappa shape index (κ3) is 4.40. The van der Waals surface area contributed by atoms with Crippen molar-refractivity contribution >= 4 is 27.3 Å². The fourth-order valence-electron chi connectivity index (χ4n) is 2.84. The van der Waals surface area contributed by atoms with Crippen LogP contribution in [-0.2, 0) is 10.0 Å². The van der Waals surface area contributed by atoms with Gasteiger partial charge in [-0.15, -0.1) is 0 Å². The van der Waals surface area contributed by atoms with Crippen molar-refractivity contribution in [3.8, 4) is 0 Å². The van der Waals surface area contributed by atoms with Gasteiger partial charge in [-0.25, -0.2) is 8.42 Å². The van der Waals surface area contributed by atoms with Crippen LogP contribution in [0.1, 0.15) is 27.0 Å². The third-order valence-corrected chi connectivity index (χ3v) is 5.79. The summed E-state index contributed by atoms with van der Waals surface area (Å²) in [6.45, 7) is 5.68. The fourth-order valence-corrected chi connectivity index (χ4v) is 4.02. The maximum atomic E-state index is 12.8. The summed E-state index contributed by atoms with van der Waals surface area (Å²) in [6, 6.07) is 18.9. The van der Waals surface area contributed by atoms with Crippen LogP contribution in [-0.4, -0.2) is 14.3 Å². The van der Waals surface area contributed by atoms with Gasteiger partial charge in [-0.1, -0.05) is 42.0 Å². The van der Waals surface area contributed by atoms with E-state index < -0.39 is 10.0 Å². The fraction of sp³-hybridized carbons (Fsp3) is 0.136. The molecule has 6 heteroatoms. The van der Waals surface area contributed by atoms with Crippen LogP contribution in [0.4, 0.5) is 11.4 Å². The molecule has 0 heterocycles. The van der Waals surface area contributed by atoms with Crippen LogP contribution >= 0.6 is 0 Å². The number of amides is 1. The number of sulfonamides is 1. The van der Waals surface area contributed by atoms with Gasteiger partial charge in [0.05, 0.1) is 10.6 Å². The second-order valence-corrected chi connectivity index (χ2v) is 8.40. The van der Waals surface area contributed by atoms with Crippen molar-refractivity contribution in [2.75, 3.05) is 10.0 Å². The Labute approximate surface area is 165 Å². The normalized spacial score (nSPS) is 11.1. The third-order valence-electron chi connectivity index (χ3n) is 4.43. The molecule has 0 aliphatic rings. The van der Waals surface area contributed by atoms with Gasteiger partial charge in [-0.3, -0.25) is 9.52 Å². The van der Waals surface area contributed by atoms with Gasteiger partial charge < -0.3 is 5.32 Å². The van der Waals surface area contributed by atoms with Crippen molar-refractivity contribution < 1.29 is 13.2 Å². The van der Waals surface area contributed by atoms with E-state index in [9.17, 15) is 13.2 Å². The quantitative estimate of drug-likeness (QED) is 0.661. The summed E-state index contributed by atoms with van der Waals surface area (Å²) in [7, 11) is -3.82. The molecule has 28 heavy (non-hydrogen) atoms. The largest absolute Gasteiger partial charge is 0.322 e. The second-order valence-electron chi connectivity index (χ2n) is 6.72. The number of nitrogens with one attached hydrogen (secondary N) is 2. The van der Waals surface area contributed by atoms with Crippen molar-refractivity contribution in [2.24, 2.45) is 0 Å². The molecule has 0 aromatic heterocycles. The van der Waals surface area contributed by atoms with E-state index in [1.54, 1.807) is 24.3 Å². The number of carbonyl (C=O) groups is 1. The Morgan fingerprint density at radius 3 is 2.25 bits per heavy atom. The average Bonchev–Trinajstić information content (AvgIpc) is 2.66. The lowest BCUT2D eigenvalue weighted by Gasteiger charge is -2.12. The summed E-state index contributed by atoms with van der Waals surface area (Å²) in [5, 5.41) is 2.82. The van der Waals surface area contributed by atoms with E-state index in [-0.39, 0.29) is 16.4 Å². The lowest BCUT2D eigenvalue weighted by molar-refractivity contribution is 0.102. The van der Waals surface area contributed by atoms with Crippen LogP contribution in [0.25, 0.3) is 0 Å². The van der Waals surface area contributed by atoms with Crippen molar-refractivity contribution in [1.29, 1.82) is 0 Å². The number of anilines is 2. The summed E-state index contributed by atoms with van der Waals surface area (Å²) in [6.07, 6.45) is 0. The molecule has 1 amide bonds. The molecule has 0 aliphatic heterocycles. The van der Waals surface area contributed by atoms with E-state index in [4.69, 9.17) is 0 Å². The highest BCUT2D eigenvalue weighted by molar-refractivity contribution is 7.92. The van der Waals surface area contributed by atoms with Gasteiger partial charge in [0.1, 0.15) is 0 Å². The van der Waals surface area contributed by atoms with Gasteiger partial charge in [0.2, 0.25) is 0 Å². The highest BCUT2D eigenvalue weighted by Crippen LogP contribution is 2.22. The summed E-state index contributed by atoms with van der Waals surface area (Å²) in [5.74, 6) is -0.363. The van der Waals surface area contributed by atoms with E-state index in [0.717, 1.165) is 16.7 Å². The van der Waals surface area contributed by atoms with Gasteiger partial charge in [-0.05, 0) is 62.2 Å². The van der Waals surface area contributed by atoms with Crippen LogP contribution in [0.2, 0.25) is 0 Å². The second kappa shape index (κ2) is 7.86. The predicted molar refractivity (Wildman–Crippen MR) is 112 cm³/mol. The molecule has 0 bridgehead atoms. The van der Waals surface area contributed by atoms with Crippen LogP contribution in [0, 0.1) is 20.8 Å². The van der Waals surface area contributed by atoms with Gasteiger partial charge >= 0.3 is 0 Å². The summed E-state index contributed by atoms with van der Waals surface area (Å²) in [4.78, 5) is 12.6. The van der Waals surface area contributed by atoms with Crippen LogP contribution < -0.4 is 10.0 Å². The molecule has 144 valence electrons.